The molecule has 0 saturated carbocycles. The molecule has 1 aromatic carbocycles. The molecule has 90 valence electrons. The van der Waals surface area contributed by atoms with Crippen molar-refractivity contribution in [1.82, 2.24) is 0 Å². The molecule has 0 atom stereocenters. The Morgan fingerprint density at radius 1 is 1.29 bits per heavy atom. The third kappa shape index (κ3) is 3.45. The van der Waals surface area contributed by atoms with Gasteiger partial charge in [0.15, 0.2) is 0 Å². The molecule has 17 heavy (non-hydrogen) atoms. The number of carbonyl (C=O) groups excluding carboxylic acids is 1. The van der Waals surface area contributed by atoms with Gasteiger partial charge in [0, 0.05) is 18.6 Å². The monoisotopic (exact) mass is 234 g/mol. The van der Waals surface area contributed by atoms with Crippen LogP contribution in [0.5, 0.6) is 5.75 Å². The first-order valence-electron chi connectivity index (χ1n) is 5.11. The van der Waals surface area contributed by atoms with E-state index >= 15 is 0 Å². The molecule has 0 fully saturated rings. The molecule has 0 aliphatic rings. The van der Waals surface area contributed by atoms with Crippen LogP contribution in [0.4, 0.5) is 0 Å². The van der Waals surface area contributed by atoms with Gasteiger partial charge in [0.25, 0.3) is 0 Å². The number of ether oxygens (including phenoxy) is 1. The van der Waals surface area contributed by atoms with Crippen LogP contribution in [-0.2, 0) is 9.59 Å². The topological polar surface area (TPSA) is 63.6 Å². The summed E-state index contributed by atoms with van der Waals surface area (Å²) < 4.78 is 5.11. The molecule has 0 aliphatic carbocycles. The molecule has 0 aromatic heterocycles. The van der Waals surface area contributed by atoms with E-state index in [0.717, 1.165) is 17.2 Å². The van der Waals surface area contributed by atoms with Gasteiger partial charge >= 0.3 is 11.9 Å². The molecule has 4 heteroatoms. The summed E-state index contributed by atoms with van der Waals surface area (Å²) >= 11 is 0. The molecule has 1 aromatic rings. The molecule has 1 rings (SSSR count). The predicted molar refractivity (Wildman–Crippen MR) is 63.9 cm³/mol. The number of carbonyl (C=O) groups is 2. The second-order valence-electron chi connectivity index (χ2n) is 3.69. The molecule has 0 spiro atoms. The van der Waals surface area contributed by atoms with Crippen LogP contribution in [0.2, 0.25) is 0 Å². The van der Waals surface area contributed by atoms with Crippen LogP contribution in [0.3, 0.4) is 0 Å². The number of rotatable bonds is 3. The zero-order chi connectivity index (χ0) is 13.0. The highest BCUT2D eigenvalue weighted by atomic mass is 16.5. The van der Waals surface area contributed by atoms with Gasteiger partial charge in [0.2, 0.25) is 0 Å². The van der Waals surface area contributed by atoms with Crippen LogP contribution in [0.1, 0.15) is 23.6 Å². The fourth-order valence-corrected chi connectivity index (χ4v) is 1.38. The number of aryl methyl sites for hydroxylation is 1. The van der Waals surface area contributed by atoms with Crippen LogP contribution >= 0.6 is 0 Å². The van der Waals surface area contributed by atoms with Crippen molar-refractivity contribution in [2.24, 2.45) is 0 Å². The Hall–Kier alpha value is -2.10. The maximum absolute atomic E-state index is 11.0. The zero-order valence-corrected chi connectivity index (χ0v) is 9.98. The van der Waals surface area contributed by atoms with Gasteiger partial charge in [-0.25, -0.2) is 4.79 Å². The van der Waals surface area contributed by atoms with Crippen LogP contribution in [0.25, 0.3) is 6.08 Å². The van der Waals surface area contributed by atoms with Crippen LogP contribution < -0.4 is 4.74 Å². The van der Waals surface area contributed by atoms with Crippen molar-refractivity contribution in [1.29, 1.82) is 0 Å². The average molecular weight is 234 g/mol. The molecule has 0 heterocycles. The van der Waals surface area contributed by atoms with E-state index in [-0.39, 0.29) is 0 Å². The van der Waals surface area contributed by atoms with Crippen molar-refractivity contribution < 1.29 is 19.4 Å². The highest BCUT2D eigenvalue weighted by Crippen LogP contribution is 2.27. The van der Waals surface area contributed by atoms with Crippen molar-refractivity contribution in [3.05, 3.63) is 34.9 Å². The number of carboxylic acid groups (broad SMARTS) is 1. The molecule has 0 unspecified atom stereocenters. The quantitative estimate of drug-likeness (QED) is 0.495. The van der Waals surface area contributed by atoms with Crippen LogP contribution in [0, 0.1) is 13.8 Å². The summed E-state index contributed by atoms with van der Waals surface area (Å²) in [5.41, 5.74) is 2.38. The van der Waals surface area contributed by atoms with Crippen molar-refractivity contribution >= 4 is 18.0 Å². The normalized spacial score (nSPS) is 10.5. The fraction of sp³-hybridized carbons (Fsp3) is 0.231. The second-order valence-corrected chi connectivity index (χ2v) is 3.69. The summed E-state index contributed by atoms with van der Waals surface area (Å²) in [4.78, 5) is 21.5. The van der Waals surface area contributed by atoms with E-state index < -0.39 is 11.9 Å². The van der Waals surface area contributed by atoms with Gasteiger partial charge in [-0.1, -0.05) is 12.1 Å². The Morgan fingerprint density at radius 2 is 1.94 bits per heavy atom. The number of benzene rings is 1. The minimum atomic E-state index is -1.04. The first kappa shape index (κ1) is 13.0. The summed E-state index contributed by atoms with van der Waals surface area (Å²) in [5.74, 6) is -1.06. The first-order chi connectivity index (χ1) is 7.91. The van der Waals surface area contributed by atoms with E-state index in [4.69, 9.17) is 9.84 Å². The maximum atomic E-state index is 11.0. The standard InChI is InChI=1S/C13H14O4/c1-8-4-5-11(6-7-12(15)16)13(9(8)2)17-10(3)14/h4-7H,1-3H3,(H,15,16)/b7-6-. The summed E-state index contributed by atoms with van der Waals surface area (Å²) in [6.45, 7) is 5.03. The van der Waals surface area contributed by atoms with Gasteiger partial charge < -0.3 is 9.84 Å². The SMILES string of the molecule is CC(=O)Oc1c(/C=C\C(=O)O)ccc(C)c1C. The lowest BCUT2D eigenvalue weighted by atomic mass is 10.0. The summed E-state index contributed by atoms with van der Waals surface area (Å²) in [7, 11) is 0. The lowest BCUT2D eigenvalue weighted by Crippen LogP contribution is -2.05. The third-order valence-electron chi connectivity index (χ3n) is 2.36. The zero-order valence-electron chi connectivity index (χ0n) is 9.98. The lowest BCUT2D eigenvalue weighted by molar-refractivity contribution is -0.132. The summed E-state index contributed by atoms with van der Waals surface area (Å²) in [6, 6.07) is 3.57. The minimum absolute atomic E-state index is 0.412. The van der Waals surface area contributed by atoms with Gasteiger partial charge in [0.05, 0.1) is 0 Å². The molecule has 1 N–H and O–H groups in total. The smallest absolute Gasteiger partial charge is 0.328 e. The van der Waals surface area contributed by atoms with Gasteiger partial charge in [-0.05, 0) is 31.1 Å². The first-order valence-corrected chi connectivity index (χ1v) is 5.11. The Labute approximate surface area is 99.5 Å². The van der Waals surface area contributed by atoms with Crippen molar-refractivity contribution in [2.75, 3.05) is 0 Å². The van der Waals surface area contributed by atoms with Crippen molar-refractivity contribution in [3.8, 4) is 5.75 Å². The van der Waals surface area contributed by atoms with E-state index in [1.807, 2.05) is 19.9 Å². The Balaban J connectivity index is 3.24. The molecular formula is C13H14O4. The maximum Gasteiger partial charge on any atom is 0.328 e. The number of carboxylic acids is 1. The molecular weight excluding hydrogens is 220 g/mol. The lowest BCUT2D eigenvalue weighted by Gasteiger charge is -2.11. The number of aliphatic carboxylic acids is 1. The molecule has 0 saturated heterocycles. The van der Waals surface area contributed by atoms with Gasteiger partial charge in [-0.3, -0.25) is 4.79 Å². The number of hydrogen-bond acceptors (Lipinski definition) is 3. The van der Waals surface area contributed by atoms with Gasteiger partial charge in [-0.2, -0.15) is 0 Å². The number of esters is 1. The largest absolute Gasteiger partial charge is 0.478 e. The molecule has 0 radical (unpaired) electrons. The summed E-state index contributed by atoms with van der Waals surface area (Å²) in [5, 5.41) is 8.58. The molecule has 0 amide bonds. The van der Waals surface area contributed by atoms with Crippen LogP contribution in [-0.4, -0.2) is 17.0 Å². The molecule has 0 bridgehead atoms. The van der Waals surface area contributed by atoms with E-state index in [2.05, 4.69) is 0 Å². The van der Waals surface area contributed by atoms with Crippen molar-refractivity contribution in [3.63, 3.8) is 0 Å². The number of hydrogen-bond donors (Lipinski definition) is 1. The van der Waals surface area contributed by atoms with Crippen molar-refractivity contribution in [2.45, 2.75) is 20.8 Å². The predicted octanol–water partition coefficient (Wildman–Crippen LogP) is 2.33. The average Bonchev–Trinajstić information content (AvgIpc) is 2.23. The van der Waals surface area contributed by atoms with Crippen LogP contribution in [0.15, 0.2) is 18.2 Å². The highest BCUT2D eigenvalue weighted by molar-refractivity contribution is 5.86. The fourth-order valence-electron chi connectivity index (χ4n) is 1.38. The highest BCUT2D eigenvalue weighted by Gasteiger charge is 2.09. The Kier molecular flexibility index (Phi) is 4.04. The van der Waals surface area contributed by atoms with E-state index in [1.165, 1.54) is 13.0 Å². The third-order valence-corrected chi connectivity index (χ3v) is 2.36. The Bertz CT molecular complexity index is 486. The van der Waals surface area contributed by atoms with Gasteiger partial charge in [-0.15, -0.1) is 0 Å². The minimum Gasteiger partial charge on any atom is -0.478 e. The van der Waals surface area contributed by atoms with Gasteiger partial charge in [0.1, 0.15) is 5.75 Å². The second kappa shape index (κ2) is 5.30. The van der Waals surface area contributed by atoms with E-state index in [0.29, 0.717) is 11.3 Å². The van der Waals surface area contributed by atoms with E-state index in [9.17, 15) is 9.59 Å². The van der Waals surface area contributed by atoms with E-state index in [1.54, 1.807) is 6.07 Å². The summed E-state index contributed by atoms with van der Waals surface area (Å²) in [6.07, 6.45) is 2.42. The molecule has 4 nitrogen and oxygen atoms in total. The Morgan fingerprint density at radius 3 is 2.47 bits per heavy atom. The molecule has 0 aliphatic heterocycles.